The monoisotopic (exact) mass is 315 g/mol. The van der Waals surface area contributed by atoms with Crippen molar-refractivity contribution in [3.63, 3.8) is 0 Å². The highest BCUT2D eigenvalue weighted by atomic mass is 32.2. The van der Waals surface area contributed by atoms with Crippen LogP contribution in [0.25, 0.3) is 0 Å². The zero-order valence-corrected chi connectivity index (χ0v) is 11.8. The first kappa shape index (κ1) is 15.4. The molecule has 0 saturated carbocycles. The molecule has 0 atom stereocenters. The molecule has 2 aromatic rings. The number of sulfone groups is 1. The van der Waals surface area contributed by atoms with Crippen molar-refractivity contribution >= 4 is 15.5 Å². The van der Waals surface area contributed by atoms with Crippen molar-refractivity contribution in [2.75, 3.05) is 11.6 Å². The summed E-state index contributed by atoms with van der Waals surface area (Å²) in [6, 6.07) is 6.25. The second-order valence-electron chi connectivity index (χ2n) is 4.55. The Bertz CT molecular complexity index is 756. The van der Waals surface area contributed by atoms with E-state index in [1.165, 1.54) is 0 Å². The Hall–Kier alpha value is -2.02. The van der Waals surface area contributed by atoms with Gasteiger partial charge < -0.3 is 5.32 Å². The quantitative estimate of drug-likeness (QED) is 0.882. The second-order valence-corrected chi connectivity index (χ2v) is 6.56. The highest BCUT2D eigenvalue weighted by Crippen LogP contribution is 2.20. The number of nitrogens with one attached hydrogen (secondary N) is 1. The number of halogens is 3. The largest absolute Gasteiger partial charge is 0.379 e. The molecule has 0 saturated heterocycles. The summed E-state index contributed by atoms with van der Waals surface area (Å²) in [4.78, 5) is -0.0446. The summed E-state index contributed by atoms with van der Waals surface area (Å²) in [5, 5.41) is 2.62. The molecule has 0 unspecified atom stereocenters. The van der Waals surface area contributed by atoms with Crippen molar-refractivity contribution in [3.8, 4) is 0 Å². The van der Waals surface area contributed by atoms with Crippen molar-refractivity contribution in [3.05, 3.63) is 59.4 Å². The van der Waals surface area contributed by atoms with E-state index < -0.39 is 27.3 Å². The molecule has 112 valence electrons. The molecule has 3 nitrogen and oxygen atoms in total. The SMILES string of the molecule is CS(=O)(=O)c1ccc(F)c(NCc2cc(F)cc(F)c2)c1. The summed E-state index contributed by atoms with van der Waals surface area (Å²) < 4.78 is 62.5. The highest BCUT2D eigenvalue weighted by Gasteiger charge is 2.11. The van der Waals surface area contributed by atoms with Gasteiger partial charge in [0.05, 0.1) is 10.6 Å². The number of benzene rings is 2. The van der Waals surface area contributed by atoms with Crippen LogP contribution in [0.15, 0.2) is 41.3 Å². The molecule has 0 spiro atoms. The van der Waals surface area contributed by atoms with Crippen LogP contribution in [0.3, 0.4) is 0 Å². The third-order valence-electron chi connectivity index (χ3n) is 2.77. The number of rotatable bonds is 4. The molecule has 2 aromatic carbocycles. The summed E-state index contributed by atoms with van der Waals surface area (Å²) in [7, 11) is -3.47. The van der Waals surface area contributed by atoms with Gasteiger partial charge in [-0.05, 0) is 35.9 Å². The van der Waals surface area contributed by atoms with Crippen molar-refractivity contribution in [2.24, 2.45) is 0 Å². The van der Waals surface area contributed by atoms with Crippen molar-refractivity contribution < 1.29 is 21.6 Å². The third-order valence-corrected chi connectivity index (χ3v) is 3.88. The lowest BCUT2D eigenvalue weighted by atomic mass is 10.2. The maximum absolute atomic E-state index is 13.6. The summed E-state index contributed by atoms with van der Waals surface area (Å²) in [5.41, 5.74) is 0.222. The Balaban J connectivity index is 2.23. The average Bonchev–Trinajstić information content (AvgIpc) is 2.35. The lowest BCUT2D eigenvalue weighted by Gasteiger charge is -2.09. The molecule has 21 heavy (non-hydrogen) atoms. The van der Waals surface area contributed by atoms with Gasteiger partial charge in [-0.15, -0.1) is 0 Å². The van der Waals surface area contributed by atoms with Gasteiger partial charge in [-0.25, -0.2) is 21.6 Å². The highest BCUT2D eigenvalue weighted by molar-refractivity contribution is 7.90. The van der Waals surface area contributed by atoms with Crippen LogP contribution in [0.4, 0.5) is 18.9 Å². The van der Waals surface area contributed by atoms with E-state index in [1.807, 2.05) is 0 Å². The standard InChI is InChI=1S/C14H12F3NO2S/c1-21(19,20)12-2-3-13(17)14(7-12)18-8-9-4-10(15)6-11(16)5-9/h2-7,18H,8H2,1H3. The molecule has 0 aliphatic carbocycles. The van der Waals surface area contributed by atoms with Gasteiger partial charge in [-0.3, -0.25) is 0 Å². The fourth-order valence-corrected chi connectivity index (χ4v) is 2.43. The molecule has 0 bridgehead atoms. The number of anilines is 1. The lowest BCUT2D eigenvalue weighted by molar-refractivity contribution is 0.580. The first-order valence-electron chi connectivity index (χ1n) is 5.94. The Morgan fingerprint density at radius 3 is 2.19 bits per heavy atom. The summed E-state index contributed by atoms with van der Waals surface area (Å²) in [5.74, 6) is -2.13. The zero-order valence-electron chi connectivity index (χ0n) is 11.0. The first-order valence-corrected chi connectivity index (χ1v) is 7.83. The van der Waals surface area contributed by atoms with Crippen molar-refractivity contribution in [1.82, 2.24) is 0 Å². The topological polar surface area (TPSA) is 46.2 Å². The van der Waals surface area contributed by atoms with Crippen molar-refractivity contribution in [2.45, 2.75) is 11.4 Å². The van der Waals surface area contributed by atoms with Crippen LogP contribution in [0.2, 0.25) is 0 Å². The normalized spacial score (nSPS) is 11.4. The molecule has 0 heterocycles. The predicted molar refractivity (Wildman–Crippen MR) is 73.2 cm³/mol. The molecule has 2 rings (SSSR count). The second kappa shape index (κ2) is 5.77. The van der Waals surface area contributed by atoms with E-state index in [9.17, 15) is 21.6 Å². The van der Waals surface area contributed by atoms with Gasteiger partial charge >= 0.3 is 0 Å². The molecule has 0 amide bonds. The van der Waals surface area contributed by atoms with Crippen LogP contribution in [0.1, 0.15) is 5.56 Å². The van der Waals surface area contributed by atoms with Gasteiger partial charge in [0.15, 0.2) is 9.84 Å². The van der Waals surface area contributed by atoms with E-state index in [0.717, 1.165) is 42.7 Å². The number of hydrogen-bond acceptors (Lipinski definition) is 3. The summed E-state index contributed by atoms with van der Waals surface area (Å²) in [6.07, 6.45) is 1.01. The van der Waals surface area contributed by atoms with Gasteiger partial charge in [-0.2, -0.15) is 0 Å². The predicted octanol–water partition coefficient (Wildman–Crippen LogP) is 3.12. The van der Waals surface area contributed by atoms with E-state index in [4.69, 9.17) is 0 Å². The smallest absolute Gasteiger partial charge is 0.175 e. The fourth-order valence-electron chi connectivity index (χ4n) is 1.78. The van der Waals surface area contributed by atoms with Crippen LogP contribution in [0, 0.1) is 17.5 Å². The zero-order chi connectivity index (χ0) is 15.6. The first-order chi connectivity index (χ1) is 9.75. The summed E-state index contributed by atoms with van der Waals surface area (Å²) in [6.45, 7) is -0.0428. The third kappa shape index (κ3) is 3.98. The molecule has 0 radical (unpaired) electrons. The molecular weight excluding hydrogens is 303 g/mol. The summed E-state index contributed by atoms with van der Waals surface area (Å²) >= 11 is 0. The molecule has 0 aliphatic rings. The Labute approximate surface area is 120 Å². The van der Waals surface area contributed by atoms with Gasteiger partial charge in [0.2, 0.25) is 0 Å². The van der Waals surface area contributed by atoms with Crippen LogP contribution < -0.4 is 5.32 Å². The van der Waals surface area contributed by atoms with Gasteiger partial charge in [0.25, 0.3) is 0 Å². The maximum atomic E-state index is 13.6. The van der Waals surface area contributed by atoms with E-state index in [-0.39, 0.29) is 22.7 Å². The van der Waals surface area contributed by atoms with Crippen LogP contribution in [-0.2, 0) is 16.4 Å². The van der Waals surface area contributed by atoms with Crippen LogP contribution in [0.5, 0.6) is 0 Å². The van der Waals surface area contributed by atoms with Crippen molar-refractivity contribution in [1.29, 1.82) is 0 Å². The Morgan fingerprint density at radius 2 is 1.62 bits per heavy atom. The molecule has 1 N–H and O–H groups in total. The molecule has 0 aromatic heterocycles. The molecule has 0 aliphatic heterocycles. The van der Waals surface area contributed by atoms with Crippen LogP contribution >= 0.6 is 0 Å². The van der Waals surface area contributed by atoms with E-state index in [2.05, 4.69) is 5.32 Å². The van der Waals surface area contributed by atoms with Crippen LogP contribution in [-0.4, -0.2) is 14.7 Å². The van der Waals surface area contributed by atoms with E-state index >= 15 is 0 Å². The average molecular weight is 315 g/mol. The minimum absolute atomic E-state index is 0.0428. The van der Waals surface area contributed by atoms with Gasteiger partial charge in [-0.1, -0.05) is 0 Å². The minimum atomic E-state index is -3.47. The minimum Gasteiger partial charge on any atom is -0.379 e. The Kier molecular flexibility index (Phi) is 4.22. The van der Waals surface area contributed by atoms with Gasteiger partial charge in [0.1, 0.15) is 17.5 Å². The van der Waals surface area contributed by atoms with Gasteiger partial charge in [0, 0.05) is 18.9 Å². The fraction of sp³-hybridized carbons (Fsp3) is 0.143. The Morgan fingerprint density at radius 1 is 1.00 bits per heavy atom. The lowest BCUT2D eigenvalue weighted by Crippen LogP contribution is -2.05. The molecule has 0 fully saturated rings. The molecular formula is C14H12F3NO2S. The molecule has 7 heteroatoms. The van der Waals surface area contributed by atoms with E-state index in [1.54, 1.807) is 0 Å². The van der Waals surface area contributed by atoms with E-state index in [0.29, 0.717) is 0 Å². The maximum Gasteiger partial charge on any atom is 0.175 e. The number of hydrogen-bond donors (Lipinski definition) is 1.